The second-order valence-electron chi connectivity index (χ2n) is 3.96. The molecule has 19 heavy (non-hydrogen) atoms. The zero-order valence-electron chi connectivity index (χ0n) is 9.76. The van der Waals surface area contributed by atoms with Crippen LogP contribution in [0.4, 0.5) is 5.69 Å². The number of rotatable bonds is 2. The van der Waals surface area contributed by atoms with Gasteiger partial charge in [0.15, 0.2) is 11.0 Å². The fraction of sp³-hybridized carbons (Fsp3) is 0. The molecule has 2 aromatic heterocycles. The maximum atomic E-state index is 12.0. The zero-order valence-corrected chi connectivity index (χ0v) is 10.5. The molecule has 1 N–H and O–H groups in total. The molecule has 0 aliphatic heterocycles. The van der Waals surface area contributed by atoms with Gasteiger partial charge in [0.05, 0.1) is 5.69 Å². The van der Waals surface area contributed by atoms with Crippen LogP contribution >= 0.6 is 11.6 Å². The lowest BCUT2D eigenvalue weighted by Gasteiger charge is -2.06. The smallest absolute Gasteiger partial charge is 0.291 e. The second-order valence-corrected chi connectivity index (χ2v) is 4.33. The first-order chi connectivity index (χ1) is 9.24. The van der Waals surface area contributed by atoms with Crippen LogP contribution in [0.2, 0.25) is 5.22 Å². The number of hydrogen-bond donors (Lipinski definition) is 1. The third-order valence-corrected chi connectivity index (χ3v) is 2.93. The van der Waals surface area contributed by atoms with Crippen molar-refractivity contribution in [3.8, 4) is 0 Å². The normalized spacial score (nSPS) is 10.6. The number of nitrogens with one attached hydrogen (secondary N) is 1. The SMILES string of the molecule is O=C(Nc1cccc2ccncc12)c1ccc(Cl)o1. The predicted molar refractivity (Wildman–Crippen MR) is 73.4 cm³/mol. The van der Waals surface area contributed by atoms with E-state index in [0.29, 0.717) is 5.69 Å². The van der Waals surface area contributed by atoms with Gasteiger partial charge in [-0.3, -0.25) is 9.78 Å². The minimum atomic E-state index is -0.344. The molecular formula is C14H9ClN2O2. The van der Waals surface area contributed by atoms with Crippen LogP contribution < -0.4 is 5.32 Å². The largest absolute Gasteiger partial charge is 0.440 e. The molecule has 0 atom stereocenters. The van der Waals surface area contributed by atoms with Crippen LogP contribution in [-0.4, -0.2) is 10.9 Å². The van der Waals surface area contributed by atoms with E-state index in [4.69, 9.17) is 16.0 Å². The molecule has 0 aliphatic carbocycles. The van der Waals surface area contributed by atoms with Gasteiger partial charge in [-0.05, 0) is 41.3 Å². The standard InChI is InChI=1S/C14H9ClN2O2/c15-13-5-4-12(19-13)14(18)17-11-3-1-2-9-6-7-16-8-10(9)11/h1-8H,(H,17,18). The van der Waals surface area contributed by atoms with E-state index in [2.05, 4.69) is 10.3 Å². The summed E-state index contributed by atoms with van der Waals surface area (Å²) in [6.07, 6.45) is 3.42. The molecule has 0 fully saturated rings. The quantitative estimate of drug-likeness (QED) is 0.773. The van der Waals surface area contributed by atoms with Crippen LogP contribution in [0.1, 0.15) is 10.6 Å². The topological polar surface area (TPSA) is 55.1 Å². The number of benzene rings is 1. The van der Waals surface area contributed by atoms with Crippen molar-refractivity contribution < 1.29 is 9.21 Å². The minimum absolute atomic E-state index is 0.172. The number of halogens is 1. The summed E-state index contributed by atoms with van der Waals surface area (Å²) in [5.74, 6) is -0.172. The molecule has 0 unspecified atom stereocenters. The third-order valence-electron chi connectivity index (χ3n) is 2.73. The second kappa shape index (κ2) is 4.74. The Hall–Kier alpha value is -2.33. The van der Waals surface area contributed by atoms with Gasteiger partial charge >= 0.3 is 0 Å². The number of nitrogens with zero attached hydrogens (tertiary/aromatic N) is 1. The van der Waals surface area contributed by atoms with Crippen molar-refractivity contribution in [2.24, 2.45) is 0 Å². The molecule has 1 aromatic carbocycles. The van der Waals surface area contributed by atoms with Crippen molar-refractivity contribution in [1.29, 1.82) is 0 Å². The van der Waals surface area contributed by atoms with Gasteiger partial charge in [0.25, 0.3) is 5.91 Å². The molecule has 3 aromatic rings. The van der Waals surface area contributed by atoms with E-state index < -0.39 is 0 Å². The molecule has 4 nitrogen and oxygen atoms in total. The Morgan fingerprint density at radius 3 is 2.89 bits per heavy atom. The highest BCUT2D eigenvalue weighted by molar-refractivity contribution is 6.29. The molecule has 5 heteroatoms. The highest BCUT2D eigenvalue weighted by Crippen LogP contribution is 2.23. The van der Waals surface area contributed by atoms with E-state index in [9.17, 15) is 4.79 Å². The van der Waals surface area contributed by atoms with Gasteiger partial charge in [-0.15, -0.1) is 0 Å². The number of aromatic nitrogens is 1. The number of furan rings is 1. The highest BCUT2D eigenvalue weighted by Gasteiger charge is 2.12. The molecule has 0 bridgehead atoms. The monoisotopic (exact) mass is 272 g/mol. The summed E-state index contributed by atoms with van der Waals surface area (Å²) in [5.41, 5.74) is 0.683. The van der Waals surface area contributed by atoms with Crippen molar-refractivity contribution in [3.05, 3.63) is 59.8 Å². The van der Waals surface area contributed by atoms with Crippen LogP contribution in [-0.2, 0) is 0 Å². The first kappa shape index (κ1) is 11.7. The molecule has 0 saturated heterocycles. The molecule has 0 radical (unpaired) electrons. The molecular weight excluding hydrogens is 264 g/mol. The minimum Gasteiger partial charge on any atom is -0.440 e. The first-order valence-electron chi connectivity index (χ1n) is 5.63. The van der Waals surface area contributed by atoms with Crippen molar-refractivity contribution in [3.63, 3.8) is 0 Å². The number of fused-ring (bicyclic) bond motifs is 1. The number of anilines is 1. The Labute approximate surface area is 114 Å². The Morgan fingerprint density at radius 2 is 2.11 bits per heavy atom. The van der Waals surface area contributed by atoms with Crippen LogP contribution in [0.25, 0.3) is 10.8 Å². The van der Waals surface area contributed by atoms with Crippen molar-refractivity contribution in [1.82, 2.24) is 4.98 Å². The molecule has 0 spiro atoms. The van der Waals surface area contributed by atoms with Crippen LogP contribution in [0.15, 0.2) is 53.2 Å². The lowest BCUT2D eigenvalue weighted by molar-refractivity contribution is 0.0997. The van der Waals surface area contributed by atoms with Crippen molar-refractivity contribution >= 4 is 34.0 Å². The van der Waals surface area contributed by atoms with Gasteiger partial charge in [0.2, 0.25) is 0 Å². The molecule has 0 aliphatic rings. The van der Waals surface area contributed by atoms with Crippen LogP contribution in [0.3, 0.4) is 0 Å². The van der Waals surface area contributed by atoms with E-state index in [1.165, 1.54) is 12.1 Å². The number of carbonyl (C=O) groups excluding carboxylic acids is 1. The average molecular weight is 273 g/mol. The van der Waals surface area contributed by atoms with Gasteiger partial charge < -0.3 is 9.73 Å². The van der Waals surface area contributed by atoms with E-state index in [1.807, 2.05) is 24.3 Å². The maximum Gasteiger partial charge on any atom is 0.291 e. The summed E-state index contributed by atoms with van der Waals surface area (Å²) in [4.78, 5) is 16.0. The van der Waals surface area contributed by atoms with Crippen molar-refractivity contribution in [2.45, 2.75) is 0 Å². The summed E-state index contributed by atoms with van der Waals surface area (Å²) in [5, 5.41) is 4.84. The van der Waals surface area contributed by atoms with E-state index in [1.54, 1.807) is 12.4 Å². The fourth-order valence-electron chi connectivity index (χ4n) is 1.84. The Bertz CT molecular complexity index is 747. The van der Waals surface area contributed by atoms with Gasteiger partial charge in [0.1, 0.15) is 0 Å². The molecule has 94 valence electrons. The number of hydrogen-bond acceptors (Lipinski definition) is 3. The van der Waals surface area contributed by atoms with E-state index in [-0.39, 0.29) is 16.9 Å². The van der Waals surface area contributed by atoms with Gasteiger partial charge in [-0.1, -0.05) is 12.1 Å². The van der Waals surface area contributed by atoms with E-state index >= 15 is 0 Å². The molecule has 1 amide bonds. The third kappa shape index (κ3) is 2.30. The van der Waals surface area contributed by atoms with Gasteiger partial charge in [-0.25, -0.2) is 0 Å². The van der Waals surface area contributed by atoms with Gasteiger partial charge in [-0.2, -0.15) is 0 Å². The van der Waals surface area contributed by atoms with Crippen LogP contribution in [0, 0.1) is 0 Å². The Balaban J connectivity index is 1.95. The maximum absolute atomic E-state index is 12.0. The summed E-state index contributed by atoms with van der Waals surface area (Å²) in [6, 6.07) is 10.6. The zero-order chi connectivity index (χ0) is 13.2. The summed E-state index contributed by atoms with van der Waals surface area (Å²) in [6.45, 7) is 0. The number of amides is 1. The van der Waals surface area contributed by atoms with Crippen LogP contribution in [0.5, 0.6) is 0 Å². The Morgan fingerprint density at radius 1 is 1.21 bits per heavy atom. The highest BCUT2D eigenvalue weighted by atomic mass is 35.5. The van der Waals surface area contributed by atoms with E-state index in [0.717, 1.165) is 10.8 Å². The lowest BCUT2D eigenvalue weighted by atomic mass is 10.1. The molecule has 3 rings (SSSR count). The first-order valence-corrected chi connectivity index (χ1v) is 6.01. The van der Waals surface area contributed by atoms with Gasteiger partial charge in [0, 0.05) is 17.8 Å². The number of pyridine rings is 1. The molecule has 0 saturated carbocycles. The van der Waals surface area contributed by atoms with Crippen molar-refractivity contribution in [2.75, 3.05) is 5.32 Å². The molecule has 2 heterocycles. The Kier molecular flexibility index (Phi) is 2.93. The predicted octanol–water partition coefficient (Wildman–Crippen LogP) is 3.73. The summed E-state index contributed by atoms with van der Waals surface area (Å²) in [7, 11) is 0. The summed E-state index contributed by atoms with van der Waals surface area (Å²) < 4.78 is 5.07. The number of carbonyl (C=O) groups is 1. The average Bonchev–Trinajstić information content (AvgIpc) is 2.86. The lowest BCUT2D eigenvalue weighted by Crippen LogP contribution is -2.11. The summed E-state index contributed by atoms with van der Waals surface area (Å²) >= 11 is 5.65. The fourth-order valence-corrected chi connectivity index (χ4v) is 1.99.